The molecule has 0 unspecified atom stereocenters. The Morgan fingerprint density at radius 1 is 1.03 bits per heavy atom. The molecule has 3 rings (SSSR count). The Labute approximate surface area is 176 Å². The Balaban J connectivity index is 1.48. The van der Waals surface area contributed by atoms with Gasteiger partial charge in [-0.15, -0.1) is 10.2 Å². The maximum absolute atomic E-state index is 12.1. The van der Waals surface area contributed by atoms with E-state index < -0.39 is 0 Å². The first-order valence-electron chi connectivity index (χ1n) is 8.57. The molecule has 0 spiro atoms. The molecule has 0 bridgehead atoms. The second kappa shape index (κ2) is 9.89. The van der Waals surface area contributed by atoms with Crippen LogP contribution in [-0.2, 0) is 4.79 Å². The average molecular weight is 430 g/mol. The normalized spacial score (nSPS) is 10.3. The summed E-state index contributed by atoms with van der Waals surface area (Å²) in [5.41, 5.74) is 2.03. The number of carbonyl (C=O) groups is 2. The van der Waals surface area contributed by atoms with Crippen molar-refractivity contribution in [2.24, 2.45) is 0 Å². The first-order valence-corrected chi connectivity index (χ1v) is 10.4. The molecular formula is C19H19N5O3S2. The molecule has 0 aliphatic rings. The number of hydrogen-bond acceptors (Lipinski definition) is 8. The molecule has 29 heavy (non-hydrogen) atoms. The summed E-state index contributed by atoms with van der Waals surface area (Å²) in [4.78, 5) is 23.7. The number of rotatable bonds is 8. The number of benzene rings is 2. The molecular weight excluding hydrogens is 410 g/mol. The van der Waals surface area contributed by atoms with Crippen molar-refractivity contribution < 1.29 is 14.3 Å². The molecule has 0 radical (unpaired) electrons. The highest BCUT2D eigenvalue weighted by Gasteiger charge is 2.10. The van der Waals surface area contributed by atoms with Gasteiger partial charge in [0.15, 0.2) is 4.34 Å². The van der Waals surface area contributed by atoms with E-state index in [-0.39, 0.29) is 17.6 Å². The van der Waals surface area contributed by atoms with Gasteiger partial charge in [0, 0.05) is 24.0 Å². The molecule has 1 heterocycles. The Morgan fingerprint density at radius 3 is 2.38 bits per heavy atom. The molecule has 10 heteroatoms. The van der Waals surface area contributed by atoms with Crippen molar-refractivity contribution in [3.63, 3.8) is 0 Å². The van der Waals surface area contributed by atoms with Crippen molar-refractivity contribution in [3.8, 4) is 5.75 Å². The lowest BCUT2D eigenvalue weighted by molar-refractivity contribution is -0.113. The predicted molar refractivity (Wildman–Crippen MR) is 115 cm³/mol. The highest BCUT2D eigenvalue weighted by molar-refractivity contribution is 8.01. The minimum absolute atomic E-state index is 0.164. The standard InChI is InChI=1S/C19H19N5O3S2/c1-20-17(26)12-3-5-13(6-4-12)21-16(25)11-28-19-24-23-18(29-19)22-14-7-9-15(27-2)10-8-14/h3-10H,11H2,1-2H3,(H,20,26)(H,21,25)(H,22,23). The molecule has 150 valence electrons. The van der Waals surface area contributed by atoms with E-state index in [1.807, 2.05) is 24.3 Å². The van der Waals surface area contributed by atoms with E-state index in [0.29, 0.717) is 20.7 Å². The van der Waals surface area contributed by atoms with Gasteiger partial charge in [0.1, 0.15) is 5.75 Å². The molecule has 8 nitrogen and oxygen atoms in total. The van der Waals surface area contributed by atoms with E-state index in [1.54, 1.807) is 38.4 Å². The van der Waals surface area contributed by atoms with Crippen LogP contribution in [-0.4, -0.2) is 41.9 Å². The molecule has 1 aromatic heterocycles. The van der Waals surface area contributed by atoms with Crippen LogP contribution >= 0.6 is 23.1 Å². The first kappa shape index (κ1) is 20.6. The summed E-state index contributed by atoms with van der Waals surface area (Å²) in [7, 11) is 3.19. The SMILES string of the molecule is CNC(=O)c1ccc(NC(=O)CSc2nnc(Nc3ccc(OC)cc3)s2)cc1. The van der Waals surface area contributed by atoms with Crippen LogP contribution in [0.25, 0.3) is 0 Å². The predicted octanol–water partition coefficient (Wildman–Crippen LogP) is 3.38. The highest BCUT2D eigenvalue weighted by atomic mass is 32.2. The lowest BCUT2D eigenvalue weighted by Crippen LogP contribution is -2.18. The van der Waals surface area contributed by atoms with Crippen molar-refractivity contribution in [1.29, 1.82) is 0 Å². The number of nitrogens with zero attached hydrogens (tertiary/aromatic N) is 2. The summed E-state index contributed by atoms with van der Waals surface area (Å²) in [6.45, 7) is 0. The van der Waals surface area contributed by atoms with Gasteiger partial charge in [0.25, 0.3) is 5.91 Å². The average Bonchev–Trinajstić information content (AvgIpc) is 3.20. The van der Waals surface area contributed by atoms with Crippen LogP contribution in [0.3, 0.4) is 0 Å². The maximum Gasteiger partial charge on any atom is 0.251 e. The van der Waals surface area contributed by atoms with E-state index in [1.165, 1.54) is 23.1 Å². The highest BCUT2D eigenvalue weighted by Crippen LogP contribution is 2.28. The van der Waals surface area contributed by atoms with Crippen LogP contribution < -0.4 is 20.7 Å². The number of methoxy groups -OCH3 is 1. The van der Waals surface area contributed by atoms with E-state index in [4.69, 9.17) is 4.74 Å². The third kappa shape index (κ3) is 5.93. The van der Waals surface area contributed by atoms with Gasteiger partial charge >= 0.3 is 0 Å². The van der Waals surface area contributed by atoms with Gasteiger partial charge in [-0.1, -0.05) is 23.1 Å². The van der Waals surface area contributed by atoms with Crippen molar-refractivity contribution in [3.05, 3.63) is 54.1 Å². The quantitative estimate of drug-likeness (QED) is 0.472. The van der Waals surface area contributed by atoms with Crippen molar-refractivity contribution in [1.82, 2.24) is 15.5 Å². The molecule has 3 aromatic rings. The zero-order chi connectivity index (χ0) is 20.6. The van der Waals surface area contributed by atoms with E-state index in [2.05, 4.69) is 26.1 Å². The number of aromatic nitrogens is 2. The number of ether oxygens (including phenoxy) is 1. The van der Waals surface area contributed by atoms with Gasteiger partial charge < -0.3 is 20.7 Å². The van der Waals surface area contributed by atoms with Crippen LogP contribution in [0.15, 0.2) is 52.9 Å². The lowest BCUT2D eigenvalue weighted by Gasteiger charge is -2.05. The zero-order valence-electron chi connectivity index (χ0n) is 15.8. The summed E-state index contributed by atoms with van der Waals surface area (Å²) in [6.07, 6.45) is 0. The van der Waals surface area contributed by atoms with Gasteiger partial charge in [-0.2, -0.15) is 0 Å². The van der Waals surface area contributed by atoms with E-state index >= 15 is 0 Å². The van der Waals surface area contributed by atoms with Crippen LogP contribution in [0.2, 0.25) is 0 Å². The second-order valence-electron chi connectivity index (χ2n) is 5.72. The van der Waals surface area contributed by atoms with Crippen LogP contribution in [0.1, 0.15) is 10.4 Å². The van der Waals surface area contributed by atoms with Crippen LogP contribution in [0.4, 0.5) is 16.5 Å². The number of thioether (sulfide) groups is 1. The summed E-state index contributed by atoms with van der Waals surface area (Å²) < 4.78 is 5.82. The molecule has 0 saturated carbocycles. The molecule has 0 aliphatic heterocycles. The number of hydrogen-bond donors (Lipinski definition) is 3. The Hall–Kier alpha value is -3.11. The fraction of sp³-hybridized carbons (Fsp3) is 0.158. The van der Waals surface area contributed by atoms with Gasteiger partial charge in [0.05, 0.1) is 12.9 Å². The van der Waals surface area contributed by atoms with Gasteiger partial charge in [-0.25, -0.2) is 0 Å². The van der Waals surface area contributed by atoms with Gasteiger partial charge in [0.2, 0.25) is 11.0 Å². The van der Waals surface area contributed by atoms with Gasteiger partial charge in [-0.05, 0) is 48.5 Å². The Morgan fingerprint density at radius 2 is 1.72 bits per heavy atom. The topological polar surface area (TPSA) is 105 Å². The second-order valence-corrected chi connectivity index (χ2v) is 7.92. The largest absolute Gasteiger partial charge is 0.497 e. The number of carbonyl (C=O) groups excluding carboxylic acids is 2. The first-order chi connectivity index (χ1) is 14.1. The fourth-order valence-corrected chi connectivity index (χ4v) is 3.86. The molecule has 2 aromatic carbocycles. The Bertz CT molecular complexity index is 974. The van der Waals surface area contributed by atoms with E-state index in [9.17, 15) is 9.59 Å². The minimum atomic E-state index is -0.172. The molecule has 3 N–H and O–H groups in total. The summed E-state index contributed by atoms with van der Waals surface area (Å²) in [5.74, 6) is 0.642. The summed E-state index contributed by atoms with van der Waals surface area (Å²) >= 11 is 2.67. The number of amides is 2. The maximum atomic E-state index is 12.1. The zero-order valence-corrected chi connectivity index (χ0v) is 17.4. The minimum Gasteiger partial charge on any atom is -0.497 e. The number of anilines is 3. The van der Waals surface area contributed by atoms with Gasteiger partial charge in [-0.3, -0.25) is 9.59 Å². The summed E-state index contributed by atoms with van der Waals surface area (Å²) in [6, 6.07) is 14.2. The van der Waals surface area contributed by atoms with Crippen molar-refractivity contribution in [2.75, 3.05) is 30.5 Å². The molecule has 0 saturated heterocycles. The molecule has 0 atom stereocenters. The van der Waals surface area contributed by atoms with Crippen molar-refractivity contribution >= 4 is 51.4 Å². The third-order valence-corrected chi connectivity index (χ3v) is 5.70. The molecule has 0 fully saturated rings. The third-order valence-electron chi connectivity index (χ3n) is 3.73. The Kier molecular flexibility index (Phi) is 7.04. The molecule has 0 aliphatic carbocycles. The van der Waals surface area contributed by atoms with E-state index in [0.717, 1.165) is 11.4 Å². The van der Waals surface area contributed by atoms with Crippen LogP contribution in [0, 0.1) is 0 Å². The molecule has 2 amide bonds. The fourth-order valence-electron chi connectivity index (χ4n) is 2.29. The smallest absolute Gasteiger partial charge is 0.251 e. The van der Waals surface area contributed by atoms with Crippen LogP contribution in [0.5, 0.6) is 5.75 Å². The summed E-state index contributed by atoms with van der Waals surface area (Å²) in [5, 5.41) is 17.3. The lowest BCUT2D eigenvalue weighted by atomic mass is 10.2. The monoisotopic (exact) mass is 429 g/mol. The van der Waals surface area contributed by atoms with Crippen molar-refractivity contribution in [2.45, 2.75) is 4.34 Å². The number of nitrogens with one attached hydrogen (secondary N) is 3.